The minimum Gasteiger partial charge on any atom is -0.494 e. The van der Waals surface area contributed by atoms with Crippen molar-refractivity contribution in [1.82, 2.24) is 4.90 Å². The second-order valence-corrected chi connectivity index (χ2v) is 5.90. The third-order valence-electron chi connectivity index (χ3n) is 4.34. The molecule has 4 heteroatoms. The van der Waals surface area contributed by atoms with Crippen LogP contribution in [0.2, 0.25) is 0 Å². The molecule has 0 amide bonds. The number of ether oxygens (including phenoxy) is 1. The van der Waals surface area contributed by atoms with Crippen molar-refractivity contribution in [3.8, 4) is 5.75 Å². The Morgan fingerprint density at radius 2 is 2.24 bits per heavy atom. The maximum Gasteiger partial charge on any atom is 0.310 e. The second-order valence-electron chi connectivity index (χ2n) is 5.90. The van der Waals surface area contributed by atoms with Gasteiger partial charge in [-0.3, -0.25) is 9.69 Å². The highest BCUT2D eigenvalue weighted by molar-refractivity contribution is 5.75. The Bertz CT molecular complexity index is 489. The van der Waals surface area contributed by atoms with Crippen molar-refractivity contribution < 1.29 is 14.6 Å². The summed E-state index contributed by atoms with van der Waals surface area (Å²) in [5, 5.41) is 9.44. The smallest absolute Gasteiger partial charge is 0.310 e. The molecule has 4 nitrogen and oxygen atoms in total. The van der Waals surface area contributed by atoms with Gasteiger partial charge < -0.3 is 9.84 Å². The van der Waals surface area contributed by atoms with Gasteiger partial charge in [0.05, 0.1) is 12.0 Å². The summed E-state index contributed by atoms with van der Waals surface area (Å²) < 4.78 is 5.65. The maximum atomic E-state index is 11.5. The monoisotopic (exact) mass is 291 g/mol. The van der Waals surface area contributed by atoms with Gasteiger partial charge in [-0.2, -0.15) is 0 Å². The molecule has 1 atom stereocenters. The van der Waals surface area contributed by atoms with Gasteiger partial charge in [0.1, 0.15) is 5.75 Å². The molecule has 1 N–H and O–H groups in total. The van der Waals surface area contributed by atoms with Crippen molar-refractivity contribution >= 4 is 5.97 Å². The zero-order valence-electron chi connectivity index (χ0n) is 13.0. The van der Waals surface area contributed by atoms with Crippen LogP contribution in [0.25, 0.3) is 0 Å². The van der Waals surface area contributed by atoms with E-state index in [-0.39, 0.29) is 0 Å². The molecule has 1 unspecified atom stereocenters. The van der Waals surface area contributed by atoms with E-state index in [4.69, 9.17) is 4.74 Å². The maximum absolute atomic E-state index is 11.5. The molecule has 0 aromatic heterocycles. The Balaban J connectivity index is 1.98. The first-order valence-electron chi connectivity index (χ1n) is 7.77. The number of hydrogen-bond acceptors (Lipinski definition) is 3. The van der Waals surface area contributed by atoms with Crippen LogP contribution in [0.15, 0.2) is 24.3 Å². The van der Waals surface area contributed by atoms with Gasteiger partial charge in [0.25, 0.3) is 0 Å². The predicted molar refractivity (Wildman–Crippen MR) is 82.5 cm³/mol. The summed E-state index contributed by atoms with van der Waals surface area (Å²) in [6, 6.07) is 8.10. The first-order valence-corrected chi connectivity index (χ1v) is 7.77. The van der Waals surface area contributed by atoms with E-state index in [0.29, 0.717) is 13.0 Å². The van der Waals surface area contributed by atoms with Crippen LogP contribution >= 0.6 is 0 Å². The normalized spacial score (nSPS) is 22.4. The molecule has 0 saturated carbocycles. The van der Waals surface area contributed by atoms with E-state index in [1.807, 2.05) is 19.1 Å². The van der Waals surface area contributed by atoms with Crippen LogP contribution in [-0.2, 0) is 11.3 Å². The minimum absolute atomic E-state index is 0.559. The zero-order chi connectivity index (χ0) is 15.3. The number of nitrogens with zero attached hydrogens (tertiary/aromatic N) is 1. The van der Waals surface area contributed by atoms with Crippen molar-refractivity contribution in [2.75, 3.05) is 19.7 Å². The van der Waals surface area contributed by atoms with Crippen LogP contribution < -0.4 is 4.74 Å². The largest absolute Gasteiger partial charge is 0.494 e. The third kappa shape index (κ3) is 3.76. The van der Waals surface area contributed by atoms with Gasteiger partial charge in [-0.15, -0.1) is 0 Å². The molecule has 1 aromatic rings. The Morgan fingerprint density at radius 3 is 2.86 bits per heavy atom. The minimum atomic E-state index is -0.660. The SMILES string of the molecule is CCCOc1cccc(CN2CCC(CC)(C(=O)O)C2)c1. The molecule has 0 spiro atoms. The van der Waals surface area contributed by atoms with Crippen molar-refractivity contribution in [2.24, 2.45) is 5.41 Å². The molecule has 1 heterocycles. The highest BCUT2D eigenvalue weighted by atomic mass is 16.5. The van der Waals surface area contributed by atoms with Gasteiger partial charge in [0.2, 0.25) is 0 Å². The highest BCUT2D eigenvalue weighted by Crippen LogP contribution is 2.35. The molecule has 1 aromatic carbocycles. The van der Waals surface area contributed by atoms with Crippen molar-refractivity contribution in [1.29, 1.82) is 0 Å². The molecular formula is C17H25NO3. The summed E-state index contributed by atoms with van der Waals surface area (Å²) in [7, 11) is 0. The lowest BCUT2D eigenvalue weighted by Crippen LogP contribution is -2.33. The van der Waals surface area contributed by atoms with Crippen LogP contribution in [0, 0.1) is 5.41 Å². The number of carboxylic acids is 1. The molecule has 2 rings (SSSR count). The average Bonchev–Trinajstić information content (AvgIpc) is 2.90. The van der Waals surface area contributed by atoms with Gasteiger partial charge in [-0.25, -0.2) is 0 Å². The molecule has 0 bridgehead atoms. The van der Waals surface area contributed by atoms with Gasteiger partial charge in [0.15, 0.2) is 0 Å². The Labute approximate surface area is 126 Å². The third-order valence-corrected chi connectivity index (χ3v) is 4.34. The summed E-state index contributed by atoms with van der Waals surface area (Å²) >= 11 is 0. The molecule has 21 heavy (non-hydrogen) atoms. The first-order chi connectivity index (χ1) is 10.1. The Morgan fingerprint density at radius 1 is 1.43 bits per heavy atom. The number of likely N-dealkylation sites (tertiary alicyclic amines) is 1. The molecule has 1 aliphatic rings. The van der Waals surface area contributed by atoms with E-state index in [2.05, 4.69) is 24.0 Å². The second kappa shape index (κ2) is 6.94. The van der Waals surface area contributed by atoms with Gasteiger partial charge in [-0.1, -0.05) is 26.0 Å². The van der Waals surface area contributed by atoms with E-state index in [9.17, 15) is 9.90 Å². The first kappa shape index (κ1) is 15.8. The number of carboxylic acid groups (broad SMARTS) is 1. The van der Waals surface area contributed by atoms with Crippen LogP contribution in [0.4, 0.5) is 0 Å². The van der Waals surface area contributed by atoms with Gasteiger partial charge >= 0.3 is 5.97 Å². The summed E-state index contributed by atoms with van der Waals surface area (Å²) in [5.41, 5.74) is 0.622. The fourth-order valence-corrected chi connectivity index (χ4v) is 2.92. The molecule has 1 aliphatic heterocycles. The fourth-order valence-electron chi connectivity index (χ4n) is 2.92. The van der Waals surface area contributed by atoms with Crippen LogP contribution in [0.1, 0.15) is 38.7 Å². The van der Waals surface area contributed by atoms with Crippen molar-refractivity contribution in [3.05, 3.63) is 29.8 Å². The summed E-state index contributed by atoms with van der Waals surface area (Å²) in [5.74, 6) is 0.237. The van der Waals surface area contributed by atoms with Gasteiger partial charge in [0, 0.05) is 13.1 Å². The molecule has 0 aliphatic carbocycles. The topological polar surface area (TPSA) is 49.8 Å². The standard InChI is InChI=1S/C17H25NO3/c1-3-10-21-15-7-5-6-14(11-15)12-18-9-8-17(4-2,13-18)16(19)20/h5-7,11H,3-4,8-10,12-13H2,1-2H3,(H,19,20). The van der Waals surface area contributed by atoms with E-state index in [0.717, 1.165) is 38.3 Å². The van der Waals surface area contributed by atoms with E-state index >= 15 is 0 Å². The number of carbonyl (C=O) groups is 1. The predicted octanol–water partition coefficient (Wildman–Crippen LogP) is 3.16. The average molecular weight is 291 g/mol. The summed E-state index contributed by atoms with van der Waals surface area (Å²) in [6.45, 7) is 7.06. The summed E-state index contributed by atoms with van der Waals surface area (Å²) in [4.78, 5) is 13.7. The van der Waals surface area contributed by atoms with E-state index in [1.165, 1.54) is 5.56 Å². The van der Waals surface area contributed by atoms with Crippen molar-refractivity contribution in [3.63, 3.8) is 0 Å². The number of aliphatic carboxylic acids is 1. The van der Waals surface area contributed by atoms with Crippen molar-refractivity contribution in [2.45, 2.75) is 39.7 Å². The Kier molecular flexibility index (Phi) is 5.23. The fraction of sp³-hybridized carbons (Fsp3) is 0.588. The number of hydrogen-bond donors (Lipinski definition) is 1. The quantitative estimate of drug-likeness (QED) is 0.838. The molecular weight excluding hydrogens is 266 g/mol. The molecule has 0 radical (unpaired) electrons. The Hall–Kier alpha value is -1.55. The van der Waals surface area contributed by atoms with E-state index < -0.39 is 11.4 Å². The molecule has 116 valence electrons. The zero-order valence-corrected chi connectivity index (χ0v) is 13.0. The van der Waals surface area contributed by atoms with Crippen LogP contribution in [-0.4, -0.2) is 35.7 Å². The summed E-state index contributed by atoms with van der Waals surface area (Å²) in [6.07, 6.45) is 2.43. The molecule has 1 fully saturated rings. The lowest BCUT2D eigenvalue weighted by molar-refractivity contribution is -0.148. The molecule has 1 saturated heterocycles. The lowest BCUT2D eigenvalue weighted by atomic mass is 9.84. The van der Waals surface area contributed by atoms with Crippen LogP contribution in [0.3, 0.4) is 0 Å². The lowest BCUT2D eigenvalue weighted by Gasteiger charge is -2.23. The highest BCUT2D eigenvalue weighted by Gasteiger charge is 2.42. The number of benzene rings is 1. The van der Waals surface area contributed by atoms with Crippen LogP contribution in [0.5, 0.6) is 5.75 Å². The number of rotatable bonds is 7. The van der Waals surface area contributed by atoms with E-state index in [1.54, 1.807) is 0 Å². The van der Waals surface area contributed by atoms with Gasteiger partial charge in [-0.05, 0) is 43.5 Å².